The molecule has 164 valence electrons. The van der Waals surface area contributed by atoms with E-state index < -0.39 is 0 Å². The Morgan fingerprint density at radius 2 is 1.62 bits per heavy atom. The summed E-state index contributed by atoms with van der Waals surface area (Å²) in [6.07, 6.45) is 5.01. The van der Waals surface area contributed by atoms with Crippen LogP contribution in [-0.4, -0.2) is 32.1 Å². The molecule has 0 aliphatic carbocycles. The number of nitrogens with zero attached hydrogens (tertiary/aromatic N) is 6. The molecule has 3 heterocycles. The monoisotopic (exact) mass is 406 g/mol. The molecule has 3 aromatic heterocycles. The Hall–Kier alpha value is -2.94. The third-order valence-electron chi connectivity index (χ3n) is 2.52. The molecule has 0 saturated carbocycles. The van der Waals surface area contributed by atoms with Crippen molar-refractivity contribution in [2.75, 3.05) is 12.6 Å². The van der Waals surface area contributed by atoms with Crippen LogP contribution in [0.3, 0.4) is 0 Å². The van der Waals surface area contributed by atoms with E-state index in [1.165, 1.54) is 7.11 Å². The highest BCUT2D eigenvalue weighted by Crippen LogP contribution is 2.19. The molecule has 0 amide bonds. The largest absolute Gasteiger partial charge is 0.279 e. The summed E-state index contributed by atoms with van der Waals surface area (Å²) in [5.74, 6) is 0.314. The van der Waals surface area contributed by atoms with Crippen molar-refractivity contribution in [3.05, 3.63) is 36.8 Å². The number of rotatable bonds is 3. The molecule has 3 rings (SSSR count). The van der Waals surface area contributed by atoms with Gasteiger partial charge in [-0.3, -0.25) is 15.3 Å². The Bertz CT molecular complexity index is 731. The maximum atomic E-state index is 6.73. The third-order valence-corrected chi connectivity index (χ3v) is 2.52. The molecule has 0 atom stereocenters. The third kappa shape index (κ3) is 12.2. The maximum Gasteiger partial charge on any atom is 0.199 e. The summed E-state index contributed by atoms with van der Waals surface area (Å²) in [6.45, 7) is 16.0. The van der Waals surface area contributed by atoms with Crippen LogP contribution in [0.15, 0.2) is 41.9 Å². The molecule has 9 nitrogen and oxygen atoms in total. The van der Waals surface area contributed by atoms with Crippen LogP contribution in [0.2, 0.25) is 0 Å². The van der Waals surface area contributed by atoms with E-state index in [1.54, 1.807) is 35.4 Å². The lowest BCUT2D eigenvalue weighted by atomic mass is 10.4. The minimum absolute atomic E-state index is 0.314. The van der Waals surface area contributed by atoms with E-state index in [9.17, 15) is 0 Å². The van der Waals surface area contributed by atoms with E-state index in [0.29, 0.717) is 11.5 Å². The van der Waals surface area contributed by atoms with Gasteiger partial charge in [0.2, 0.25) is 0 Å². The Morgan fingerprint density at radius 3 is 2.14 bits per heavy atom. The van der Waals surface area contributed by atoms with Crippen LogP contribution in [0.1, 0.15) is 55.4 Å². The molecule has 9 heteroatoms. The molecule has 29 heavy (non-hydrogen) atoms. The fourth-order valence-corrected chi connectivity index (χ4v) is 1.55. The Morgan fingerprint density at radius 1 is 1.00 bits per heavy atom. The lowest BCUT2D eigenvalue weighted by Gasteiger charge is -2.02. The van der Waals surface area contributed by atoms with Gasteiger partial charge in [0.05, 0.1) is 13.3 Å². The first-order chi connectivity index (χ1) is 14.3. The zero-order valence-corrected chi connectivity index (χ0v) is 19.6. The number of fused-ring (bicyclic) bond motifs is 1. The van der Waals surface area contributed by atoms with E-state index >= 15 is 0 Å². The number of hydrogen-bond acceptors (Lipinski definition) is 8. The number of anilines is 1. The number of aromatic nitrogens is 5. The van der Waals surface area contributed by atoms with Gasteiger partial charge in [-0.05, 0) is 18.2 Å². The summed E-state index contributed by atoms with van der Waals surface area (Å²) < 4.78 is 1.70. The molecule has 0 radical (unpaired) electrons. The van der Waals surface area contributed by atoms with Crippen molar-refractivity contribution in [2.24, 2.45) is 12.2 Å². The van der Waals surface area contributed by atoms with Gasteiger partial charge in [-0.2, -0.15) is 0 Å². The smallest absolute Gasteiger partial charge is 0.199 e. The SMILES string of the molecule is CC.CC.CC.CC.CONc1cccnc1N=N.Cn1nnc2ccncc21. The van der Waals surface area contributed by atoms with E-state index in [-0.39, 0.29) is 0 Å². The fraction of sp³-hybridized carbons (Fsp3) is 0.500. The van der Waals surface area contributed by atoms with E-state index in [0.717, 1.165) is 11.0 Å². The van der Waals surface area contributed by atoms with Crippen LogP contribution in [0.4, 0.5) is 11.5 Å². The van der Waals surface area contributed by atoms with Crippen molar-refractivity contribution in [1.29, 1.82) is 5.53 Å². The topological polar surface area (TPSA) is 114 Å². The first kappa shape index (κ1) is 30.8. The molecule has 0 unspecified atom stereocenters. The summed E-state index contributed by atoms with van der Waals surface area (Å²) in [6, 6.07) is 5.29. The summed E-state index contributed by atoms with van der Waals surface area (Å²) in [7, 11) is 3.33. The summed E-state index contributed by atoms with van der Waals surface area (Å²) in [5.41, 5.74) is 11.7. The Balaban J connectivity index is -0.000000348. The number of aryl methyl sites for hydroxylation is 1. The zero-order valence-electron chi connectivity index (χ0n) is 19.6. The van der Waals surface area contributed by atoms with Gasteiger partial charge in [0.1, 0.15) is 16.7 Å². The van der Waals surface area contributed by atoms with Crippen LogP contribution in [-0.2, 0) is 11.9 Å². The second-order valence-electron chi connectivity index (χ2n) is 3.87. The van der Waals surface area contributed by atoms with Crippen molar-refractivity contribution >= 4 is 22.5 Å². The number of pyridine rings is 2. The first-order valence-corrected chi connectivity index (χ1v) is 9.97. The molecule has 0 bridgehead atoms. The van der Waals surface area contributed by atoms with Crippen LogP contribution in [0.25, 0.3) is 11.0 Å². The minimum atomic E-state index is 0.314. The molecule has 0 saturated heterocycles. The Labute approximate surface area is 175 Å². The highest BCUT2D eigenvalue weighted by atomic mass is 16.6. The van der Waals surface area contributed by atoms with Crippen molar-refractivity contribution < 1.29 is 4.84 Å². The van der Waals surface area contributed by atoms with Crippen molar-refractivity contribution in [2.45, 2.75) is 55.4 Å². The van der Waals surface area contributed by atoms with Crippen molar-refractivity contribution in [3.8, 4) is 0 Å². The summed E-state index contributed by atoms with van der Waals surface area (Å²) in [5, 5.41) is 10.9. The molecule has 0 aromatic carbocycles. The summed E-state index contributed by atoms with van der Waals surface area (Å²) in [4.78, 5) is 12.4. The van der Waals surface area contributed by atoms with Gasteiger partial charge in [-0.25, -0.2) is 15.2 Å². The van der Waals surface area contributed by atoms with Gasteiger partial charge in [0, 0.05) is 19.4 Å². The quantitative estimate of drug-likeness (QED) is 0.396. The van der Waals surface area contributed by atoms with Gasteiger partial charge < -0.3 is 0 Å². The van der Waals surface area contributed by atoms with Crippen molar-refractivity contribution in [1.82, 2.24) is 25.0 Å². The normalized spacial score (nSPS) is 7.93. The lowest BCUT2D eigenvalue weighted by Crippen LogP contribution is -1.95. The van der Waals surface area contributed by atoms with Crippen LogP contribution in [0, 0.1) is 5.53 Å². The minimum Gasteiger partial charge on any atom is -0.279 e. The lowest BCUT2D eigenvalue weighted by molar-refractivity contribution is 0.271. The molecule has 3 aromatic rings. The van der Waals surface area contributed by atoms with Gasteiger partial charge in [0.25, 0.3) is 0 Å². The molecule has 2 N–H and O–H groups in total. The van der Waals surface area contributed by atoms with Crippen LogP contribution >= 0.6 is 0 Å². The molecule has 0 fully saturated rings. The second-order valence-corrected chi connectivity index (χ2v) is 3.87. The standard InChI is InChI=1S/C6H8N4O.C6H6N4.4C2H6/c1-11-10-5-3-2-4-8-6(5)9-7;1-10-6-4-7-3-2-5(6)8-9-10;4*1-2/h2-4,7,10H,1H3;2-4H,1H3;4*1-2H3. The fourth-order valence-electron chi connectivity index (χ4n) is 1.55. The maximum absolute atomic E-state index is 6.73. The van der Waals surface area contributed by atoms with Gasteiger partial charge in [-0.15, -0.1) is 10.2 Å². The molecule has 0 spiro atoms. The number of hydrogen-bond donors (Lipinski definition) is 2. The average molecular weight is 407 g/mol. The predicted octanol–water partition coefficient (Wildman–Crippen LogP) is 6.19. The van der Waals surface area contributed by atoms with Gasteiger partial charge in [0.15, 0.2) is 5.82 Å². The number of nitrogens with one attached hydrogen (secondary N) is 2. The van der Waals surface area contributed by atoms with Crippen LogP contribution in [0.5, 0.6) is 0 Å². The molecule has 0 aliphatic heterocycles. The van der Waals surface area contributed by atoms with E-state index in [2.05, 4.69) is 35.7 Å². The van der Waals surface area contributed by atoms with Crippen LogP contribution < -0.4 is 5.48 Å². The van der Waals surface area contributed by atoms with Crippen molar-refractivity contribution in [3.63, 3.8) is 0 Å². The first-order valence-electron chi connectivity index (χ1n) is 9.97. The van der Waals surface area contributed by atoms with Gasteiger partial charge >= 0.3 is 0 Å². The average Bonchev–Trinajstić information content (AvgIpc) is 3.21. The molecule has 0 aliphatic rings. The van der Waals surface area contributed by atoms with Gasteiger partial charge in [-0.1, -0.05) is 60.6 Å². The molecular formula is C20H38N8O. The molecular weight excluding hydrogens is 368 g/mol. The predicted molar refractivity (Wildman–Crippen MR) is 121 cm³/mol. The highest BCUT2D eigenvalue weighted by Gasteiger charge is 1.98. The highest BCUT2D eigenvalue weighted by molar-refractivity contribution is 5.72. The van der Waals surface area contributed by atoms with E-state index in [4.69, 9.17) is 5.53 Å². The Kier molecular flexibility index (Phi) is 24.5. The van der Waals surface area contributed by atoms with E-state index in [1.807, 2.05) is 68.5 Å². The zero-order chi connectivity index (χ0) is 23.1. The second kappa shape index (κ2) is 23.1. The summed E-state index contributed by atoms with van der Waals surface area (Å²) >= 11 is 0.